The van der Waals surface area contributed by atoms with Gasteiger partial charge in [0.25, 0.3) is 0 Å². The first-order chi connectivity index (χ1) is 9.68. The fourth-order valence-corrected chi connectivity index (χ4v) is 2.48. The van der Waals surface area contributed by atoms with Gasteiger partial charge < -0.3 is 14.6 Å². The van der Waals surface area contributed by atoms with Gasteiger partial charge in [0.15, 0.2) is 0 Å². The molecule has 1 N–H and O–H groups in total. The first-order valence-electron chi connectivity index (χ1n) is 7.55. The average Bonchev–Trinajstić information content (AvgIpc) is 2.73. The van der Waals surface area contributed by atoms with E-state index in [1.807, 2.05) is 0 Å². The maximum absolute atomic E-state index is 5.53. The molecule has 0 unspecified atom stereocenters. The van der Waals surface area contributed by atoms with Gasteiger partial charge in [0.1, 0.15) is 0 Å². The Morgan fingerprint density at radius 3 is 2.80 bits per heavy atom. The second-order valence-electron chi connectivity index (χ2n) is 5.52. The lowest BCUT2D eigenvalue weighted by Gasteiger charge is -2.10. The number of nitrogens with one attached hydrogen (secondary N) is 1. The van der Waals surface area contributed by atoms with E-state index in [1.165, 1.54) is 16.6 Å². The predicted octanol–water partition coefficient (Wildman–Crippen LogP) is 3.35. The first-order valence-corrected chi connectivity index (χ1v) is 7.55. The van der Waals surface area contributed by atoms with Gasteiger partial charge in [-0.25, -0.2) is 0 Å². The number of ether oxygens (including phenoxy) is 1. The zero-order valence-electron chi connectivity index (χ0n) is 12.9. The number of hydrogen-bond donors (Lipinski definition) is 1. The molecule has 1 aromatic heterocycles. The second-order valence-corrected chi connectivity index (χ2v) is 5.52. The van der Waals surface area contributed by atoms with Gasteiger partial charge in [-0.2, -0.15) is 0 Å². The lowest BCUT2D eigenvalue weighted by atomic mass is 10.2. The van der Waals surface area contributed by atoms with Gasteiger partial charge in [0.05, 0.1) is 6.10 Å². The summed E-state index contributed by atoms with van der Waals surface area (Å²) in [6.45, 7) is 10.2. The Labute approximate surface area is 121 Å². The summed E-state index contributed by atoms with van der Waals surface area (Å²) < 4.78 is 7.91. The quantitative estimate of drug-likeness (QED) is 0.747. The molecular formula is C17H26N2O. The molecular weight excluding hydrogens is 248 g/mol. The minimum absolute atomic E-state index is 0.337. The lowest BCUT2D eigenvalue weighted by molar-refractivity contribution is 0.0771. The van der Waals surface area contributed by atoms with Gasteiger partial charge >= 0.3 is 0 Å². The van der Waals surface area contributed by atoms with Crippen LogP contribution in [-0.4, -0.2) is 30.4 Å². The van der Waals surface area contributed by atoms with E-state index < -0.39 is 0 Å². The van der Waals surface area contributed by atoms with Crippen molar-refractivity contribution in [1.82, 2.24) is 9.88 Å². The number of benzene rings is 1. The number of rotatable bonds is 8. The number of nitrogens with zero attached hydrogens (tertiary/aromatic N) is 1. The van der Waals surface area contributed by atoms with Crippen LogP contribution in [0.2, 0.25) is 0 Å². The number of fused-ring (bicyclic) bond motifs is 1. The molecule has 1 heterocycles. The van der Waals surface area contributed by atoms with Crippen LogP contribution in [0.15, 0.2) is 30.3 Å². The van der Waals surface area contributed by atoms with Crippen molar-refractivity contribution in [3.8, 4) is 0 Å². The number of aryl methyl sites for hydroxylation is 1. The molecule has 0 atom stereocenters. The van der Waals surface area contributed by atoms with E-state index in [0.717, 1.165) is 32.7 Å². The summed E-state index contributed by atoms with van der Waals surface area (Å²) in [4.78, 5) is 0. The summed E-state index contributed by atoms with van der Waals surface area (Å²) in [7, 11) is 0. The maximum atomic E-state index is 5.53. The number of para-hydroxylation sites is 1. The zero-order chi connectivity index (χ0) is 14.4. The standard InChI is InChI=1S/C17H26N2O/c1-14(2)20-12-6-9-18-10-11-19-15(3)13-16-7-4-5-8-17(16)19/h4-5,7-8,13-14,18H,6,9-12H2,1-3H3. The lowest BCUT2D eigenvalue weighted by Crippen LogP contribution is -2.22. The third-order valence-corrected chi connectivity index (χ3v) is 3.48. The molecule has 3 heteroatoms. The van der Waals surface area contributed by atoms with Crippen molar-refractivity contribution in [3.63, 3.8) is 0 Å². The van der Waals surface area contributed by atoms with Crippen LogP contribution >= 0.6 is 0 Å². The molecule has 0 radical (unpaired) electrons. The van der Waals surface area contributed by atoms with Crippen LogP contribution in [0.25, 0.3) is 10.9 Å². The van der Waals surface area contributed by atoms with E-state index in [4.69, 9.17) is 4.74 Å². The predicted molar refractivity (Wildman–Crippen MR) is 85.2 cm³/mol. The van der Waals surface area contributed by atoms with Crippen LogP contribution in [0.5, 0.6) is 0 Å². The fraction of sp³-hybridized carbons (Fsp3) is 0.529. The van der Waals surface area contributed by atoms with Crippen molar-refractivity contribution >= 4 is 10.9 Å². The highest BCUT2D eigenvalue weighted by Crippen LogP contribution is 2.18. The molecule has 0 aliphatic rings. The summed E-state index contributed by atoms with van der Waals surface area (Å²) in [6.07, 6.45) is 1.41. The maximum Gasteiger partial charge on any atom is 0.0518 e. The molecule has 3 nitrogen and oxygen atoms in total. The topological polar surface area (TPSA) is 26.2 Å². The van der Waals surface area contributed by atoms with E-state index in [2.05, 4.69) is 61.0 Å². The molecule has 0 saturated carbocycles. The highest BCUT2D eigenvalue weighted by Gasteiger charge is 2.03. The van der Waals surface area contributed by atoms with Crippen LogP contribution < -0.4 is 5.32 Å². The molecule has 0 fully saturated rings. The van der Waals surface area contributed by atoms with Crippen molar-refractivity contribution in [3.05, 3.63) is 36.0 Å². The van der Waals surface area contributed by atoms with Crippen molar-refractivity contribution < 1.29 is 4.74 Å². The van der Waals surface area contributed by atoms with Gasteiger partial charge in [0, 0.05) is 30.9 Å². The van der Waals surface area contributed by atoms with Gasteiger partial charge in [-0.05, 0) is 51.3 Å². The minimum Gasteiger partial charge on any atom is -0.379 e. The third kappa shape index (κ3) is 4.09. The Morgan fingerprint density at radius 1 is 1.20 bits per heavy atom. The SMILES string of the molecule is Cc1cc2ccccc2n1CCNCCCOC(C)C. The molecule has 110 valence electrons. The van der Waals surface area contributed by atoms with Gasteiger partial charge in [-0.15, -0.1) is 0 Å². The normalized spacial score (nSPS) is 11.6. The van der Waals surface area contributed by atoms with Gasteiger partial charge in [0.2, 0.25) is 0 Å². The molecule has 1 aromatic carbocycles. The molecule has 0 amide bonds. The monoisotopic (exact) mass is 274 g/mol. The molecule has 0 bridgehead atoms. The molecule has 20 heavy (non-hydrogen) atoms. The molecule has 2 aromatic rings. The van der Waals surface area contributed by atoms with E-state index >= 15 is 0 Å². The molecule has 0 aliphatic heterocycles. The van der Waals surface area contributed by atoms with Crippen LogP contribution in [0.1, 0.15) is 26.0 Å². The third-order valence-electron chi connectivity index (χ3n) is 3.48. The Kier molecular flexibility index (Phi) is 5.62. The fourth-order valence-electron chi connectivity index (χ4n) is 2.48. The van der Waals surface area contributed by atoms with E-state index in [1.54, 1.807) is 0 Å². The Morgan fingerprint density at radius 2 is 2.00 bits per heavy atom. The second kappa shape index (κ2) is 7.46. The smallest absolute Gasteiger partial charge is 0.0518 e. The van der Waals surface area contributed by atoms with Crippen molar-refractivity contribution in [2.45, 2.75) is 39.8 Å². The Bertz CT molecular complexity index is 531. The molecule has 2 rings (SSSR count). The van der Waals surface area contributed by atoms with Crippen LogP contribution in [0.3, 0.4) is 0 Å². The van der Waals surface area contributed by atoms with E-state index in [0.29, 0.717) is 6.10 Å². The highest BCUT2D eigenvalue weighted by atomic mass is 16.5. The van der Waals surface area contributed by atoms with Crippen molar-refractivity contribution in [2.24, 2.45) is 0 Å². The van der Waals surface area contributed by atoms with Crippen LogP contribution in [0.4, 0.5) is 0 Å². The number of hydrogen-bond acceptors (Lipinski definition) is 2. The van der Waals surface area contributed by atoms with Crippen LogP contribution in [0, 0.1) is 6.92 Å². The van der Waals surface area contributed by atoms with E-state index in [9.17, 15) is 0 Å². The summed E-state index contributed by atoms with van der Waals surface area (Å²) in [5.41, 5.74) is 2.66. The largest absolute Gasteiger partial charge is 0.379 e. The molecule has 0 aliphatic carbocycles. The van der Waals surface area contributed by atoms with E-state index in [-0.39, 0.29) is 0 Å². The Balaban J connectivity index is 1.75. The summed E-state index contributed by atoms with van der Waals surface area (Å²) >= 11 is 0. The highest BCUT2D eigenvalue weighted by molar-refractivity contribution is 5.81. The minimum atomic E-state index is 0.337. The molecule has 0 spiro atoms. The van der Waals surface area contributed by atoms with Gasteiger partial charge in [-0.3, -0.25) is 0 Å². The summed E-state index contributed by atoms with van der Waals surface area (Å²) in [5, 5.41) is 4.82. The summed E-state index contributed by atoms with van der Waals surface area (Å²) in [6, 6.07) is 10.8. The molecule has 0 saturated heterocycles. The average molecular weight is 274 g/mol. The number of aromatic nitrogens is 1. The van der Waals surface area contributed by atoms with Crippen molar-refractivity contribution in [1.29, 1.82) is 0 Å². The summed E-state index contributed by atoms with van der Waals surface area (Å²) in [5.74, 6) is 0. The first kappa shape index (κ1) is 15.1. The Hall–Kier alpha value is -1.32. The van der Waals surface area contributed by atoms with Crippen LogP contribution in [-0.2, 0) is 11.3 Å². The van der Waals surface area contributed by atoms with Crippen molar-refractivity contribution in [2.75, 3.05) is 19.7 Å². The van der Waals surface area contributed by atoms with Gasteiger partial charge in [-0.1, -0.05) is 18.2 Å². The zero-order valence-corrected chi connectivity index (χ0v) is 12.9.